The Hall–Kier alpha value is -2.87. The smallest absolute Gasteiger partial charge is 0.274 e. The molecule has 0 aromatic heterocycles. The third-order valence-corrected chi connectivity index (χ3v) is 3.25. The molecule has 0 bridgehead atoms. The van der Waals surface area contributed by atoms with Crippen molar-refractivity contribution in [3.8, 4) is 11.8 Å². The van der Waals surface area contributed by atoms with Crippen LogP contribution < -0.4 is 4.74 Å². The summed E-state index contributed by atoms with van der Waals surface area (Å²) in [6, 6.07) is 16.1. The van der Waals surface area contributed by atoms with Gasteiger partial charge in [-0.15, -0.1) is 0 Å². The molecule has 0 N–H and O–H groups in total. The van der Waals surface area contributed by atoms with Gasteiger partial charge in [0.2, 0.25) is 0 Å². The highest BCUT2D eigenvalue weighted by Gasteiger charge is 2.23. The second kappa shape index (κ2) is 6.53. The van der Waals surface area contributed by atoms with Gasteiger partial charge in [-0.3, -0.25) is 10.1 Å². The maximum atomic E-state index is 11.1. The number of rotatable bonds is 5. The molecular weight excluding hydrogens is 268 g/mol. The minimum absolute atomic E-state index is 0.0571. The predicted molar refractivity (Wildman–Crippen MR) is 78.1 cm³/mol. The molecule has 0 aliphatic rings. The summed E-state index contributed by atoms with van der Waals surface area (Å²) >= 11 is 0. The van der Waals surface area contributed by atoms with Crippen molar-refractivity contribution in [2.75, 3.05) is 7.11 Å². The van der Waals surface area contributed by atoms with E-state index in [9.17, 15) is 15.4 Å². The molecule has 0 aliphatic carbocycles. The number of nitro groups is 1. The molecule has 0 radical (unpaired) electrons. The van der Waals surface area contributed by atoms with Crippen molar-refractivity contribution in [3.63, 3.8) is 0 Å². The molecule has 0 aliphatic heterocycles. The number of hydrogen-bond acceptors (Lipinski definition) is 4. The van der Waals surface area contributed by atoms with Crippen LogP contribution in [0.25, 0.3) is 0 Å². The van der Waals surface area contributed by atoms with Gasteiger partial charge in [0, 0.05) is 6.07 Å². The lowest BCUT2D eigenvalue weighted by Crippen LogP contribution is -2.05. The lowest BCUT2D eigenvalue weighted by atomic mass is 9.92. The molecule has 1 unspecified atom stereocenters. The molecule has 0 amide bonds. The van der Waals surface area contributed by atoms with Crippen molar-refractivity contribution in [3.05, 3.63) is 69.8 Å². The van der Waals surface area contributed by atoms with Gasteiger partial charge >= 0.3 is 0 Å². The summed E-state index contributed by atoms with van der Waals surface area (Å²) in [6.07, 6.45) is 0.422. The van der Waals surface area contributed by atoms with E-state index in [1.165, 1.54) is 19.2 Å². The first-order valence-corrected chi connectivity index (χ1v) is 6.41. The first kappa shape index (κ1) is 14.5. The summed E-state index contributed by atoms with van der Waals surface area (Å²) in [4.78, 5) is 10.7. The summed E-state index contributed by atoms with van der Waals surface area (Å²) in [5, 5.41) is 20.5. The number of nitrogens with zero attached hydrogens (tertiary/aromatic N) is 2. The molecule has 0 heterocycles. The summed E-state index contributed by atoms with van der Waals surface area (Å²) in [5.74, 6) is -0.0909. The van der Waals surface area contributed by atoms with Gasteiger partial charge in [0.05, 0.1) is 29.6 Å². The van der Waals surface area contributed by atoms with E-state index >= 15 is 0 Å². The molecule has 2 rings (SSSR count). The lowest BCUT2D eigenvalue weighted by molar-refractivity contribution is -0.385. The van der Waals surface area contributed by atoms with Crippen molar-refractivity contribution in [1.82, 2.24) is 0 Å². The van der Waals surface area contributed by atoms with Crippen LogP contribution >= 0.6 is 0 Å². The van der Waals surface area contributed by atoms with Crippen molar-refractivity contribution in [2.45, 2.75) is 12.3 Å². The third kappa shape index (κ3) is 3.37. The molecule has 1 atom stereocenters. The van der Waals surface area contributed by atoms with Crippen LogP contribution in [0.4, 0.5) is 5.69 Å². The fourth-order valence-corrected chi connectivity index (χ4v) is 2.18. The highest BCUT2D eigenvalue weighted by Crippen LogP contribution is 2.32. The van der Waals surface area contributed by atoms with E-state index < -0.39 is 10.8 Å². The summed E-state index contributed by atoms with van der Waals surface area (Å²) in [6.45, 7) is 0. The van der Waals surface area contributed by atoms with Gasteiger partial charge in [0.25, 0.3) is 5.69 Å². The summed E-state index contributed by atoms with van der Waals surface area (Å²) in [5.41, 5.74) is 1.28. The first-order chi connectivity index (χ1) is 10.2. The van der Waals surface area contributed by atoms with Crippen molar-refractivity contribution in [2.24, 2.45) is 0 Å². The van der Waals surface area contributed by atoms with Gasteiger partial charge in [-0.05, 0) is 24.1 Å². The van der Waals surface area contributed by atoms with Gasteiger partial charge < -0.3 is 4.74 Å². The Balaban J connectivity index is 2.41. The SMILES string of the molecule is COc1ccc([N+](=O)[O-])c(C(C#N)Cc2ccccc2)c1. The van der Waals surface area contributed by atoms with E-state index in [0.717, 1.165) is 5.56 Å². The van der Waals surface area contributed by atoms with Crippen molar-refractivity contribution >= 4 is 5.69 Å². The fraction of sp³-hybridized carbons (Fsp3) is 0.188. The Morgan fingerprint density at radius 1 is 1.29 bits per heavy atom. The molecule has 106 valence electrons. The van der Waals surface area contributed by atoms with Crippen LogP contribution in [0.15, 0.2) is 48.5 Å². The van der Waals surface area contributed by atoms with Crippen LogP contribution in [0.5, 0.6) is 5.75 Å². The number of nitro benzene ring substituents is 1. The minimum atomic E-state index is -0.595. The zero-order chi connectivity index (χ0) is 15.2. The van der Waals surface area contributed by atoms with E-state index in [2.05, 4.69) is 6.07 Å². The Kier molecular flexibility index (Phi) is 4.52. The van der Waals surface area contributed by atoms with Crippen LogP contribution in [-0.2, 0) is 6.42 Å². The van der Waals surface area contributed by atoms with Crippen LogP contribution in [0.2, 0.25) is 0 Å². The standard InChI is InChI=1S/C16H14N2O3/c1-21-14-7-8-16(18(19)20)15(10-14)13(11-17)9-12-5-3-2-4-6-12/h2-8,10,13H,9H2,1H3. The number of hydrogen-bond donors (Lipinski definition) is 0. The van der Waals surface area contributed by atoms with Gasteiger partial charge in [0.15, 0.2) is 0 Å². The van der Waals surface area contributed by atoms with Crippen LogP contribution in [0, 0.1) is 21.4 Å². The van der Waals surface area contributed by atoms with Gasteiger partial charge in [0.1, 0.15) is 5.75 Å². The van der Waals surface area contributed by atoms with E-state index in [-0.39, 0.29) is 5.69 Å². The highest BCUT2D eigenvalue weighted by molar-refractivity contribution is 5.49. The van der Waals surface area contributed by atoms with E-state index in [4.69, 9.17) is 4.74 Å². The Morgan fingerprint density at radius 2 is 2.00 bits per heavy atom. The minimum Gasteiger partial charge on any atom is -0.497 e. The predicted octanol–water partition coefficient (Wildman–Crippen LogP) is 3.45. The van der Waals surface area contributed by atoms with E-state index in [1.807, 2.05) is 30.3 Å². The normalized spacial score (nSPS) is 11.4. The number of ether oxygens (including phenoxy) is 1. The van der Waals surface area contributed by atoms with Crippen molar-refractivity contribution < 1.29 is 9.66 Å². The Morgan fingerprint density at radius 3 is 2.57 bits per heavy atom. The molecule has 5 nitrogen and oxygen atoms in total. The van der Waals surface area contributed by atoms with E-state index in [1.54, 1.807) is 6.07 Å². The molecule has 0 saturated heterocycles. The van der Waals surface area contributed by atoms with Crippen LogP contribution in [0.1, 0.15) is 17.0 Å². The van der Waals surface area contributed by atoms with Gasteiger partial charge in [-0.25, -0.2) is 0 Å². The Labute approximate surface area is 122 Å². The van der Waals surface area contributed by atoms with Crippen molar-refractivity contribution in [1.29, 1.82) is 5.26 Å². The molecule has 0 saturated carbocycles. The average Bonchev–Trinajstić information content (AvgIpc) is 2.52. The third-order valence-electron chi connectivity index (χ3n) is 3.25. The fourth-order valence-electron chi connectivity index (χ4n) is 2.18. The summed E-state index contributed by atoms with van der Waals surface area (Å²) in [7, 11) is 1.49. The lowest BCUT2D eigenvalue weighted by Gasteiger charge is -2.11. The summed E-state index contributed by atoms with van der Waals surface area (Å²) < 4.78 is 5.10. The monoisotopic (exact) mass is 282 g/mol. The zero-order valence-electron chi connectivity index (χ0n) is 11.5. The largest absolute Gasteiger partial charge is 0.497 e. The average molecular weight is 282 g/mol. The number of benzene rings is 2. The first-order valence-electron chi connectivity index (χ1n) is 6.41. The molecule has 0 fully saturated rings. The second-order valence-electron chi connectivity index (χ2n) is 4.55. The molecule has 21 heavy (non-hydrogen) atoms. The topological polar surface area (TPSA) is 76.2 Å². The molecule has 2 aromatic rings. The van der Waals surface area contributed by atoms with Gasteiger partial charge in [-0.2, -0.15) is 5.26 Å². The maximum Gasteiger partial charge on any atom is 0.274 e. The highest BCUT2D eigenvalue weighted by atomic mass is 16.6. The molecule has 5 heteroatoms. The molecular formula is C16H14N2O3. The zero-order valence-corrected chi connectivity index (χ0v) is 11.5. The Bertz CT molecular complexity index is 678. The second-order valence-corrected chi connectivity index (χ2v) is 4.55. The van der Waals surface area contributed by atoms with Crippen LogP contribution in [-0.4, -0.2) is 12.0 Å². The molecule has 2 aromatic carbocycles. The van der Waals surface area contributed by atoms with Crippen LogP contribution in [0.3, 0.4) is 0 Å². The number of nitriles is 1. The molecule has 0 spiro atoms. The van der Waals surface area contributed by atoms with Gasteiger partial charge in [-0.1, -0.05) is 30.3 Å². The maximum absolute atomic E-state index is 11.1. The number of methoxy groups -OCH3 is 1. The quantitative estimate of drug-likeness (QED) is 0.621. The van der Waals surface area contributed by atoms with E-state index in [0.29, 0.717) is 17.7 Å².